The fraction of sp³-hybridized carbons (Fsp3) is 0.385. The van der Waals surface area contributed by atoms with Gasteiger partial charge in [0.2, 0.25) is 11.8 Å². The molecule has 19 heavy (non-hydrogen) atoms. The maximum absolute atomic E-state index is 11.9. The highest BCUT2D eigenvalue weighted by atomic mass is 79.9. The van der Waals surface area contributed by atoms with Gasteiger partial charge < -0.3 is 10.6 Å². The fourth-order valence-corrected chi connectivity index (χ4v) is 2.38. The first kappa shape index (κ1) is 14.0. The highest BCUT2D eigenvalue weighted by Gasteiger charge is 2.30. The Morgan fingerprint density at radius 2 is 2.21 bits per heavy atom. The molecule has 102 valence electrons. The summed E-state index contributed by atoms with van der Waals surface area (Å²) in [6, 6.07) is 5.20. The van der Waals surface area contributed by atoms with Gasteiger partial charge in [-0.05, 0) is 32.0 Å². The number of benzene rings is 1. The van der Waals surface area contributed by atoms with Crippen LogP contribution in [0.1, 0.15) is 25.5 Å². The Kier molecular flexibility index (Phi) is 4.21. The lowest BCUT2D eigenvalue weighted by atomic mass is 10.1. The molecule has 1 aliphatic heterocycles. The van der Waals surface area contributed by atoms with E-state index < -0.39 is 6.04 Å². The third-order valence-electron chi connectivity index (χ3n) is 2.76. The van der Waals surface area contributed by atoms with Crippen molar-refractivity contribution in [1.82, 2.24) is 10.6 Å². The van der Waals surface area contributed by atoms with Crippen molar-refractivity contribution in [1.29, 1.82) is 0 Å². The number of anilines is 1. The van der Waals surface area contributed by atoms with Crippen LogP contribution in [0.25, 0.3) is 0 Å². The number of carbonyl (C=O) groups is 2. The fourth-order valence-electron chi connectivity index (χ4n) is 2.00. The second-order valence-electron chi connectivity index (χ2n) is 4.76. The van der Waals surface area contributed by atoms with E-state index in [1.54, 1.807) is 0 Å². The first-order valence-electron chi connectivity index (χ1n) is 6.10. The molecular weight excluding hydrogens is 310 g/mol. The predicted molar refractivity (Wildman–Crippen MR) is 76.8 cm³/mol. The highest BCUT2D eigenvalue weighted by molar-refractivity contribution is 9.10. The second-order valence-corrected chi connectivity index (χ2v) is 5.67. The summed E-state index contributed by atoms with van der Waals surface area (Å²) in [5.74, 6) is -0.253. The van der Waals surface area contributed by atoms with E-state index >= 15 is 0 Å². The van der Waals surface area contributed by atoms with E-state index in [2.05, 4.69) is 31.9 Å². The number of carbonyl (C=O) groups excluding carboxylic acids is 2. The third kappa shape index (κ3) is 3.33. The van der Waals surface area contributed by atoms with E-state index in [0.29, 0.717) is 0 Å². The van der Waals surface area contributed by atoms with Crippen molar-refractivity contribution < 1.29 is 9.59 Å². The van der Waals surface area contributed by atoms with E-state index in [4.69, 9.17) is 0 Å². The van der Waals surface area contributed by atoms with Crippen molar-refractivity contribution in [2.75, 3.05) is 11.9 Å². The Morgan fingerprint density at radius 3 is 2.89 bits per heavy atom. The number of rotatable bonds is 4. The van der Waals surface area contributed by atoms with Gasteiger partial charge in [0, 0.05) is 21.8 Å². The van der Waals surface area contributed by atoms with Crippen LogP contribution in [0.5, 0.6) is 0 Å². The minimum atomic E-state index is -0.481. The lowest BCUT2D eigenvalue weighted by Crippen LogP contribution is -2.40. The molecule has 0 aromatic heterocycles. The average molecular weight is 326 g/mol. The normalized spacial score (nSPS) is 17.3. The Labute approximate surface area is 120 Å². The molecule has 0 bridgehead atoms. The second kappa shape index (κ2) is 5.71. The van der Waals surface area contributed by atoms with Gasteiger partial charge in [0.05, 0.1) is 6.54 Å². The van der Waals surface area contributed by atoms with E-state index in [1.807, 2.05) is 32.0 Å². The summed E-state index contributed by atoms with van der Waals surface area (Å²) in [6.07, 6.45) is 0. The van der Waals surface area contributed by atoms with Crippen LogP contribution in [0, 0.1) is 0 Å². The summed E-state index contributed by atoms with van der Waals surface area (Å²) in [7, 11) is 0. The SMILES string of the molecule is CC(C)NC(=O)CNC1C(=O)Nc2ccc(Br)cc21. The van der Waals surface area contributed by atoms with Crippen molar-refractivity contribution >= 4 is 33.4 Å². The summed E-state index contributed by atoms with van der Waals surface area (Å²) in [5, 5.41) is 8.53. The van der Waals surface area contributed by atoms with Gasteiger partial charge >= 0.3 is 0 Å². The number of hydrogen-bond donors (Lipinski definition) is 3. The Balaban J connectivity index is 2.04. The Morgan fingerprint density at radius 1 is 1.47 bits per heavy atom. The average Bonchev–Trinajstić information content (AvgIpc) is 2.61. The molecule has 0 radical (unpaired) electrons. The van der Waals surface area contributed by atoms with E-state index in [9.17, 15) is 9.59 Å². The van der Waals surface area contributed by atoms with Gasteiger partial charge in [-0.15, -0.1) is 0 Å². The van der Waals surface area contributed by atoms with Crippen molar-refractivity contribution in [2.24, 2.45) is 0 Å². The molecule has 5 nitrogen and oxygen atoms in total. The van der Waals surface area contributed by atoms with Crippen molar-refractivity contribution in [3.05, 3.63) is 28.2 Å². The van der Waals surface area contributed by atoms with Crippen molar-refractivity contribution in [3.63, 3.8) is 0 Å². The molecule has 0 saturated heterocycles. The van der Waals surface area contributed by atoms with Crippen LogP contribution in [0.3, 0.4) is 0 Å². The standard InChI is InChI=1S/C13H16BrN3O2/c1-7(2)16-11(18)6-15-12-9-5-8(14)3-4-10(9)17-13(12)19/h3-5,7,12,15H,6H2,1-2H3,(H,16,18)(H,17,19). The van der Waals surface area contributed by atoms with Crippen LogP contribution in [-0.2, 0) is 9.59 Å². The van der Waals surface area contributed by atoms with Gasteiger partial charge in [-0.25, -0.2) is 0 Å². The molecule has 1 unspecified atom stereocenters. The number of halogens is 1. The highest BCUT2D eigenvalue weighted by Crippen LogP contribution is 2.32. The first-order valence-corrected chi connectivity index (χ1v) is 6.89. The minimum Gasteiger partial charge on any atom is -0.353 e. The molecule has 6 heteroatoms. The predicted octanol–water partition coefficient (Wildman–Crippen LogP) is 1.56. The molecule has 2 amide bonds. The monoisotopic (exact) mass is 325 g/mol. The largest absolute Gasteiger partial charge is 0.353 e. The molecule has 1 aromatic carbocycles. The van der Waals surface area contributed by atoms with Gasteiger partial charge in [-0.2, -0.15) is 0 Å². The molecule has 0 spiro atoms. The van der Waals surface area contributed by atoms with E-state index in [-0.39, 0.29) is 24.4 Å². The van der Waals surface area contributed by atoms with Crippen molar-refractivity contribution in [2.45, 2.75) is 25.9 Å². The summed E-state index contributed by atoms with van der Waals surface area (Å²) < 4.78 is 0.904. The molecule has 1 atom stereocenters. The molecule has 1 aliphatic rings. The molecular formula is C13H16BrN3O2. The molecule has 2 rings (SSSR count). The zero-order chi connectivity index (χ0) is 14.0. The topological polar surface area (TPSA) is 70.2 Å². The van der Waals surface area contributed by atoms with E-state index in [0.717, 1.165) is 15.7 Å². The first-order chi connectivity index (χ1) is 8.97. The molecule has 1 heterocycles. The number of amides is 2. The van der Waals surface area contributed by atoms with Crippen LogP contribution >= 0.6 is 15.9 Å². The van der Waals surface area contributed by atoms with Crippen molar-refractivity contribution in [3.8, 4) is 0 Å². The van der Waals surface area contributed by atoms with Gasteiger partial charge in [0.1, 0.15) is 6.04 Å². The van der Waals surface area contributed by atoms with Crippen LogP contribution in [0.4, 0.5) is 5.69 Å². The molecule has 3 N–H and O–H groups in total. The van der Waals surface area contributed by atoms with Crippen LogP contribution < -0.4 is 16.0 Å². The van der Waals surface area contributed by atoms with Gasteiger partial charge in [0.15, 0.2) is 0 Å². The minimum absolute atomic E-state index is 0.0909. The summed E-state index contributed by atoms with van der Waals surface area (Å²) in [4.78, 5) is 23.4. The van der Waals surface area contributed by atoms with Gasteiger partial charge in [0.25, 0.3) is 0 Å². The Bertz CT molecular complexity index is 517. The lowest BCUT2D eigenvalue weighted by Gasteiger charge is -2.13. The smallest absolute Gasteiger partial charge is 0.246 e. The van der Waals surface area contributed by atoms with Crippen LogP contribution in [0.2, 0.25) is 0 Å². The summed E-state index contributed by atoms with van der Waals surface area (Å²) in [6.45, 7) is 3.90. The van der Waals surface area contributed by atoms with Gasteiger partial charge in [-0.1, -0.05) is 15.9 Å². The lowest BCUT2D eigenvalue weighted by molar-refractivity contribution is -0.121. The van der Waals surface area contributed by atoms with Crippen LogP contribution in [0.15, 0.2) is 22.7 Å². The zero-order valence-electron chi connectivity index (χ0n) is 10.8. The summed E-state index contributed by atoms with van der Waals surface area (Å²) in [5.41, 5.74) is 1.65. The zero-order valence-corrected chi connectivity index (χ0v) is 12.4. The molecule has 0 saturated carbocycles. The number of hydrogen-bond acceptors (Lipinski definition) is 3. The Hall–Kier alpha value is -1.40. The number of nitrogens with one attached hydrogen (secondary N) is 3. The number of fused-ring (bicyclic) bond motifs is 1. The maximum atomic E-state index is 11.9. The molecule has 0 fully saturated rings. The summed E-state index contributed by atoms with van der Waals surface area (Å²) >= 11 is 3.38. The quantitative estimate of drug-likeness (QED) is 0.786. The molecule has 1 aromatic rings. The van der Waals surface area contributed by atoms with Gasteiger partial charge in [-0.3, -0.25) is 14.9 Å². The molecule has 0 aliphatic carbocycles. The van der Waals surface area contributed by atoms with Crippen LogP contribution in [-0.4, -0.2) is 24.4 Å². The maximum Gasteiger partial charge on any atom is 0.246 e. The third-order valence-corrected chi connectivity index (χ3v) is 3.25. The van der Waals surface area contributed by atoms with E-state index in [1.165, 1.54) is 0 Å².